The van der Waals surface area contributed by atoms with Crippen molar-refractivity contribution in [2.45, 2.75) is 13.3 Å². The quantitative estimate of drug-likeness (QED) is 0.886. The Bertz CT molecular complexity index is 568. The van der Waals surface area contributed by atoms with Gasteiger partial charge in [-0.15, -0.1) is 0 Å². The fourth-order valence-corrected chi connectivity index (χ4v) is 1.65. The molecular weight excluding hydrogens is 221 g/mol. The number of carboxylic acid groups (broad SMARTS) is 1. The number of hydrogen-bond acceptors (Lipinski definition) is 2. The average Bonchev–Trinajstić information content (AvgIpc) is 2.29. The summed E-state index contributed by atoms with van der Waals surface area (Å²) in [6.07, 6.45) is 0.378. The van der Waals surface area contributed by atoms with Crippen molar-refractivity contribution in [2.24, 2.45) is 5.92 Å². The molecule has 0 spiro atoms. The highest BCUT2D eigenvalue weighted by Gasteiger charge is 2.12. The lowest BCUT2D eigenvalue weighted by atomic mass is 10.0. The number of benzene rings is 1. The van der Waals surface area contributed by atoms with E-state index >= 15 is 0 Å². The number of aromatic nitrogens is 1. The van der Waals surface area contributed by atoms with Crippen LogP contribution in [0.3, 0.4) is 0 Å². The lowest BCUT2D eigenvalue weighted by molar-refractivity contribution is -0.141. The van der Waals surface area contributed by atoms with Gasteiger partial charge >= 0.3 is 5.97 Å². The zero-order valence-corrected chi connectivity index (χ0v) is 9.35. The van der Waals surface area contributed by atoms with Crippen LogP contribution in [0, 0.1) is 11.7 Å². The second-order valence-electron chi connectivity index (χ2n) is 4.08. The molecule has 0 bridgehead atoms. The minimum absolute atomic E-state index is 0.300. The van der Waals surface area contributed by atoms with Gasteiger partial charge in [0.2, 0.25) is 0 Å². The molecule has 0 amide bonds. The van der Waals surface area contributed by atoms with E-state index in [4.69, 9.17) is 5.11 Å². The summed E-state index contributed by atoms with van der Waals surface area (Å²) in [5.41, 5.74) is 1.39. The fourth-order valence-electron chi connectivity index (χ4n) is 1.65. The Morgan fingerprint density at radius 2 is 2.18 bits per heavy atom. The van der Waals surface area contributed by atoms with E-state index in [0.29, 0.717) is 17.6 Å². The Labute approximate surface area is 97.9 Å². The van der Waals surface area contributed by atoms with Gasteiger partial charge in [0.05, 0.1) is 11.4 Å². The van der Waals surface area contributed by atoms with E-state index in [9.17, 15) is 9.18 Å². The van der Waals surface area contributed by atoms with Gasteiger partial charge < -0.3 is 5.11 Å². The summed E-state index contributed by atoms with van der Waals surface area (Å²) in [6, 6.07) is 7.85. The molecule has 0 aliphatic rings. The molecular formula is C13H12FNO2. The molecule has 1 atom stereocenters. The van der Waals surface area contributed by atoms with E-state index in [0.717, 1.165) is 5.39 Å². The Hall–Kier alpha value is -1.97. The predicted molar refractivity (Wildman–Crippen MR) is 62.2 cm³/mol. The van der Waals surface area contributed by atoms with Gasteiger partial charge in [-0.25, -0.2) is 4.39 Å². The normalized spacial score (nSPS) is 12.6. The summed E-state index contributed by atoms with van der Waals surface area (Å²) in [4.78, 5) is 15.0. The number of carbonyl (C=O) groups is 1. The summed E-state index contributed by atoms with van der Waals surface area (Å²) in [7, 11) is 0. The van der Waals surface area contributed by atoms with Crippen molar-refractivity contribution in [3.05, 3.63) is 41.8 Å². The van der Waals surface area contributed by atoms with Crippen molar-refractivity contribution in [1.29, 1.82) is 0 Å². The first-order valence-electron chi connectivity index (χ1n) is 5.34. The molecule has 3 nitrogen and oxygen atoms in total. The maximum absolute atomic E-state index is 12.9. The van der Waals surface area contributed by atoms with Crippen molar-refractivity contribution >= 4 is 16.9 Å². The van der Waals surface area contributed by atoms with Crippen LogP contribution in [0.2, 0.25) is 0 Å². The molecule has 0 aliphatic heterocycles. The molecule has 0 saturated carbocycles. The van der Waals surface area contributed by atoms with Crippen molar-refractivity contribution in [3.8, 4) is 0 Å². The summed E-state index contributed by atoms with van der Waals surface area (Å²) < 4.78 is 12.9. The van der Waals surface area contributed by atoms with Crippen molar-refractivity contribution in [2.75, 3.05) is 0 Å². The zero-order chi connectivity index (χ0) is 12.4. The number of rotatable bonds is 3. The molecule has 0 saturated heterocycles. The van der Waals surface area contributed by atoms with E-state index in [2.05, 4.69) is 4.98 Å². The number of carboxylic acids is 1. The second kappa shape index (κ2) is 4.49. The van der Waals surface area contributed by atoms with Crippen LogP contribution in [0.4, 0.5) is 4.39 Å². The standard InChI is InChI=1S/C13H12FNO2/c1-8(13(16)17)6-11-4-2-9-7-10(14)3-5-12(9)15-11/h2-5,7-8H,6H2,1H3,(H,16,17). The molecule has 1 heterocycles. The highest BCUT2D eigenvalue weighted by molar-refractivity contribution is 5.78. The van der Waals surface area contributed by atoms with E-state index in [1.807, 2.05) is 0 Å². The lowest BCUT2D eigenvalue weighted by Crippen LogP contribution is -2.13. The minimum Gasteiger partial charge on any atom is -0.481 e. The van der Waals surface area contributed by atoms with Gasteiger partial charge in [0.15, 0.2) is 0 Å². The second-order valence-corrected chi connectivity index (χ2v) is 4.08. The maximum Gasteiger partial charge on any atom is 0.306 e. The van der Waals surface area contributed by atoms with Gasteiger partial charge in [0, 0.05) is 17.5 Å². The molecule has 17 heavy (non-hydrogen) atoms. The van der Waals surface area contributed by atoms with Gasteiger partial charge in [-0.05, 0) is 24.3 Å². The number of halogens is 1. The van der Waals surface area contributed by atoms with Crippen LogP contribution >= 0.6 is 0 Å². The van der Waals surface area contributed by atoms with Crippen LogP contribution in [0.15, 0.2) is 30.3 Å². The van der Waals surface area contributed by atoms with Gasteiger partial charge in [0.1, 0.15) is 5.82 Å². The van der Waals surface area contributed by atoms with Crippen molar-refractivity contribution in [3.63, 3.8) is 0 Å². The van der Waals surface area contributed by atoms with Crippen LogP contribution in [0.5, 0.6) is 0 Å². The summed E-state index contributed by atoms with van der Waals surface area (Å²) >= 11 is 0. The maximum atomic E-state index is 12.9. The monoisotopic (exact) mass is 233 g/mol. The Balaban J connectivity index is 2.32. The topological polar surface area (TPSA) is 50.2 Å². The average molecular weight is 233 g/mol. The third kappa shape index (κ3) is 2.58. The van der Waals surface area contributed by atoms with Crippen molar-refractivity contribution < 1.29 is 14.3 Å². The summed E-state index contributed by atoms with van der Waals surface area (Å²) in [5.74, 6) is -1.61. The minimum atomic E-state index is -0.842. The molecule has 0 fully saturated rings. The number of aliphatic carboxylic acids is 1. The molecule has 4 heteroatoms. The molecule has 1 unspecified atom stereocenters. The highest BCUT2D eigenvalue weighted by Crippen LogP contribution is 2.16. The predicted octanol–water partition coefficient (Wildman–Crippen LogP) is 2.64. The van der Waals surface area contributed by atoms with Gasteiger partial charge in [-0.2, -0.15) is 0 Å². The first-order chi connectivity index (χ1) is 8.06. The van der Waals surface area contributed by atoms with Gasteiger partial charge in [-0.3, -0.25) is 9.78 Å². The van der Waals surface area contributed by atoms with Crippen LogP contribution in [-0.2, 0) is 11.2 Å². The summed E-state index contributed by atoms with van der Waals surface area (Å²) in [5, 5.41) is 9.53. The molecule has 88 valence electrons. The first kappa shape index (κ1) is 11.5. The molecule has 0 aliphatic carbocycles. The van der Waals surface area contributed by atoms with Crippen LogP contribution in [0.25, 0.3) is 10.9 Å². The van der Waals surface area contributed by atoms with Crippen LogP contribution in [-0.4, -0.2) is 16.1 Å². The van der Waals surface area contributed by atoms with Crippen LogP contribution in [0.1, 0.15) is 12.6 Å². The number of fused-ring (bicyclic) bond motifs is 1. The molecule has 2 aromatic rings. The van der Waals surface area contributed by atoms with Crippen molar-refractivity contribution in [1.82, 2.24) is 4.98 Å². The third-order valence-electron chi connectivity index (χ3n) is 2.65. The molecule has 1 aromatic heterocycles. The van der Waals surface area contributed by atoms with E-state index in [1.165, 1.54) is 12.1 Å². The molecule has 1 N–H and O–H groups in total. The molecule has 2 rings (SSSR count). The SMILES string of the molecule is CC(Cc1ccc2cc(F)ccc2n1)C(=O)O. The largest absolute Gasteiger partial charge is 0.481 e. The first-order valence-corrected chi connectivity index (χ1v) is 5.34. The van der Waals surface area contributed by atoms with Crippen LogP contribution < -0.4 is 0 Å². The molecule has 1 aromatic carbocycles. The lowest BCUT2D eigenvalue weighted by Gasteiger charge is -2.06. The summed E-state index contributed by atoms with van der Waals surface area (Å²) in [6.45, 7) is 1.64. The van der Waals surface area contributed by atoms with Gasteiger partial charge in [-0.1, -0.05) is 13.0 Å². The van der Waals surface area contributed by atoms with E-state index in [-0.39, 0.29) is 5.82 Å². The number of hydrogen-bond donors (Lipinski definition) is 1. The Morgan fingerprint density at radius 3 is 2.88 bits per heavy atom. The fraction of sp³-hybridized carbons (Fsp3) is 0.231. The number of pyridine rings is 1. The third-order valence-corrected chi connectivity index (χ3v) is 2.65. The Morgan fingerprint density at radius 1 is 1.41 bits per heavy atom. The van der Waals surface area contributed by atoms with E-state index < -0.39 is 11.9 Å². The highest BCUT2D eigenvalue weighted by atomic mass is 19.1. The zero-order valence-electron chi connectivity index (χ0n) is 9.35. The molecule has 0 radical (unpaired) electrons. The smallest absolute Gasteiger partial charge is 0.306 e. The Kier molecular flexibility index (Phi) is 3.04. The van der Waals surface area contributed by atoms with E-state index in [1.54, 1.807) is 25.1 Å². The van der Waals surface area contributed by atoms with Gasteiger partial charge in [0.25, 0.3) is 0 Å². The number of nitrogens with zero attached hydrogens (tertiary/aromatic N) is 1.